The average molecular weight is 247 g/mol. The number of hydrogen-bond acceptors (Lipinski definition) is 5. The van der Waals surface area contributed by atoms with Gasteiger partial charge in [-0.15, -0.1) is 0 Å². The molecule has 0 spiro atoms. The molecule has 1 aliphatic rings. The van der Waals surface area contributed by atoms with E-state index in [4.69, 9.17) is 0 Å². The smallest absolute Gasteiger partial charge is 0.254 e. The third-order valence-corrected chi connectivity index (χ3v) is 3.53. The second kappa shape index (κ2) is 4.53. The lowest BCUT2D eigenvalue weighted by atomic mass is 10.2. The summed E-state index contributed by atoms with van der Waals surface area (Å²) < 4.78 is 1.76. The fourth-order valence-electron chi connectivity index (χ4n) is 2.56. The third-order valence-electron chi connectivity index (χ3n) is 3.53. The lowest BCUT2D eigenvalue weighted by Crippen LogP contribution is -2.33. The predicted molar refractivity (Wildman–Crippen MR) is 67.6 cm³/mol. The van der Waals surface area contributed by atoms with Crippen molar-refractivity contribution in [1.82, 2.24) is 19.6 Å². The van der Waals surface area contributed by atoms with Crippen molar-refractivity contribution in [1.29, 1.82) is 0 Å². The van der Waals surface area contributed by atoms with E-state index in [1.807, 2.05) is 0 Å². The van der Waals surface area contributed by atoms with Crippen LogP contribution in [0, 0.1) is 0 Å². The Bertz CT molecular complexity index is 552. The maximum Gasteiger partial charge on any atom is 0.254 e. The maximum absolute atomic E-state index is 9.44. The summed E-state index contributed by atoms with van der Waals surface area (Å²) in [5.74, 6) is 1.62. The molecule has 0 aliphatic carbocycles. The van der Waals surface area contributed by atoms with E-state index in [2.05, 4.69) is 33.0 Å². The molecular weight excluding hydrogens is 230 g/mol. The van der Waals surface area contributed by atoms with E-state index in [9.17, 15) is 5.11 Å². The van der Waals surface area contributed by atoms with Crippen molar-refractivity contribution in [2.24, 2.45) is 0 Å². The normalized spacial score (nSPS) is 19.9. The Kier molecular flexibility index (Phi) is 2.87. The summed E-state index contributed by atoms with van der Waals surface area (Å²) in [5, 5.41) is 13.7. The first-order valence-electron chi connectivity index (χ1n) is 6.40. The van der Waals surface area contributed by atoms with E-state index in [1.165, 1.54) is 6.33 Å². The van der Waals surface area contributed by atoms with E-state index < -0.39 is 0 Å². The van der Waals surface area contributed by atoms with Gasteiger partial charge in [-0.1, -0.05) is 6.92 Å². The topological polar surface area (TPSA) is 66.5 Å². The molecule has 96 valence electrons. The molecular formula is C12H17N5O. The van der Waals surface area contributed by atoms with E-state index in [1.54, 1.807) is 4.52 Å². The summed E-state index contributed by atoms with van der Waals surface area (Å²) in [7, 11) is 0. The summed E-state index contributed by atoms with van der Waals surface area (Å²) in [4.78, 5) is 10.8. The van der Waals surface area contributed by atoms with Crippen LogP contribution in [0.5, 0.6) is 0 Å². The number of aliphatic hydroxyl groups is 1. The number of anilines is 1. The first-order chi connectivity index (χ1) is 8.83. The Hall–Kier alpha value is -1.69. The lowest BCUT2D eigenvalue weighted by molar-refractivity contribution is 0.265. The zero-order valence-electron chi connectivity index (χ0n) is 10.5. The van der Waals surface area contributed by atoms with Crippen LogP contribution in [0.1, 0.15) is 25.5 Å². The largest absolute Gasteiger partial charge is 0.394 e. The highest BCUT2D eigenvalue weighted by Crippen LogP contribution is 2.25. The molecule has 0 radical (unpaired) electrons. The molecule has 1 atom stereocenters. The van der Waals surface area contributed by atoms with E-state index >= 15 is 0 Å². The molecule has 0 unspecified atom stereocenters. The molecule has 1 saturated heterocycles. The van der Waals surface area contributed by atoms with Crippen molar-refractivity contribution in [3.63, 3.8) is 0 Å². The predicted octanol–water partition coefficient (Wildman–Crippen LogP) is 0.648. The summed E-state index contributed by atoms with van der Waals surface area (Å²) in [6, 6.07) is 2.24. The van der Waals surface area contributed by atoms with Crippen LogP contribution in [-0.2, 0) is 6.42 Å². The van der Waals surface area contributed by atoms with Gasteiger partial charge in [-0.05, 0) is 19.3 Å². The van der Waals surface area contributed by atoms with Crippen molar-refractivity contribution in [3.8, 4) is 0 Å². The van der Waals surface area contributed by atoms with Crippen LogP contribution in [0.4, 0.5) is 5.82 Å². The molecule has 6 nitrogen and oxygen atoms in total. The Morgan fingerprint density at radius 2 is 2.39 bits per heavy atom. The maximum atomic E-state index is 9.44. The van der Waals surface area contributed by atoms with Crippen LogP contribution >= 0.6 is 0 Å². The summed E-state index contributed by atoms with van der Waals surface area (Å²) in [5.41, 5.74) is 1.01. The second-order valence-electron chi connectivity index (χ2n) is 4.60. The number of fused-ring (bicyclic) bond motifs is 1. The molecule has 0 bridgehead atoms. The molecule has 3 rings (SSSR count). The Morgan fingerprint density at radius 3 is 3.17 bits per heavy atom. The van der Waals surface area contributed by atoms with Crippen molar-refractivity contribution in [2.45, 2.75) is 32.2 Å². The number of rotatable bonds is 3. The number of aromatic nitrogens is 4. The summed E-state index contributed by atoms with van der Waals surface area (Å²) in [6.07, 6.45) is 4.52. The van der Waals surface area contributed by atoms with Gasteiger partial charge in [-0.2, -0.15) is 14.6 Å². The first kappa shape index (κ1) is 11.4. The average Bonchev–Trinajstić information content (AvgIpc) is 3.05. The zero-order valence-corrected chi connectivity index (χ0v) is 10.5. The number of nitrogens with zero attached hydrogens (tertiary/aromatic N) is 5. The summed E-state index contributed by atoms with van der Waals surface area (Å²) in [6.45, 7) is 3.21. The third kappa shape index (κ3) is 1.73. The SMILES string of the molecule is CCc1cc(N2CCC[C@H]2CO)n2ncnc2n1. The van der Waals surface area contributed by atoms with Crippen LogP contribution < -0.4 is 4.90 Å². The monoisotopic (exact) mass is 247 g/mol. The van der Waals surface area contributed by atoms with Crippen molar-refractivity contribution in [2.75, 3.05) is 18.1 Å². The molecule has 0 amide bonds. The van der Waals surface area contributed by atoms with Gasteiger partial charge in [0.2, 0.25) is 0 Å². The highest BCUT2D eigenvalue weighted by molar-refractivity contribution is 5.49. The van der Waals surface area contributed by atoms with Crippen LogP contribution in [0.25, 0.3) is 5.78 Å². The van der Waals surface area contributed by atoms with Crippen LogP contribution in [0.15, 0.2) is 12.4 Å². The fourth-order valence-corrected chi connectivity index (χ4v) is 2.56. The van der Waals surface area contributed by atoms with Gasteiger partial charge >= 0.3 is 0 Å². The molecule has 6 heteroatoms. The van der Waals surface area contributed by atoms with Gasteiger partial charge in [0, 0.05) is 18.3 Å². The van der Waals surface area contributed by atoms with Crippen LogP contribution in [-0.4, -0.2) is 43.9 Å². The first-order valence-corrected chi connectivity index (χ1v) is 6.40. The molecule has 0 saturated carbocycles. The number of aliphatic hydroxyl groups excluding tert-OH is 1. The molecule has 18 heavy (non-hydrogen) atoms. The van der Waals surface area contributed by atoms with Crippen molar-refractivity contribution >= 4 is 11.6 Å². The van der Waals surface area contributed by atoms with Gasteiger partial charge in [0.1, 0.15) is 12.1 Å². The molecule has 3 heterocycles. The molecule has 0 aromatic carbocycles. The summed E-state index contributed by atoms with van der Waals surface area (Å²) >= 11 is 0. The molecule has 1 N–H and O–H groups in total. The zero-order chi connectivity index (χ0) is 12.5. The highest BCUT2D eigenvalue weighted by atomic mass is 16.3. The lowest BCUT2D eigenvalue weighted by Gasteiger charge is -2.25. The minimum Gasteiger partial charge on any atom is -0.394 e. The highest BCUT2D eigenvalue weighted by Gasteiger charge is 2.26. The van der Waals surface area contributed by atoms with Crippen LogP contribution in [0.3, 0.4) is 0 Å². The standard InChI is InChI=1S/C12H17N5O/c1-2-9-6-11(16-5-3-4-10(16)7-18)17-12(15-9)13-8-14-17/h6,8,10,18H,2-5,7H2,1H3/t10-/m0/s1. The van der Waals surface area contributed by atoms with Gasteiger partial charge in [-0.25, -0.2) is 4.98 Å². The number of hydrogen-bond donors (Lipinski definition) is 1. The van der Waals surface area contributed by atoms with Gasteiger partial charge in [0.25, 0.3) is 5.78 Å². The Morgan fingerprint density at radius 1 is 1.50 bits per heavy atom. The van der Waals surface area contributed by atoms with Gasteiger partial charge in [-0.3, -0.25) is 0 Å². The molecule has 2 aromatic rings. The van der Waals surface area contributed by atoms with E-state index in [0.717, 1.165) is 37.3 Å². The quantitative estimate of drug-likeness (QED) is 0.862. The van der Waals surface area contributed by atoms with Crippen molar-refractivity contribution < 1.29 is 5.11 Å². The van der Waals surface area contributed by atoms with Gasteiger partial charge in [0.15, 0.2) is 0 Å². The van der Waals surface area contributed by atoms with E-state index in [-0.39, 0.29) is 12.6 Å². The molecule has 2 aromatic heterocycles. The van der Waals surface area contributed by atoms with Crippen LogP contribution in [0.2, 0.25) is 0 Å². The second-order valence-corrected chi connectivity index (χ2v) is 4.60. The van der Waals surface area contributed by atoms with Gasteiger partial charge in [0.05, 0.1) is 12.6 Å². The fraction of sp³-hybridized carbons (Fsp3) is 0.583. The Labute approximate surface area is 105 Å². The minimum absolute atomic E-state index is 0.181. The van der Waals surface area contributed by atoms with Crippen molar-refractivity contribution in [3.05, 3.63) is 18.1 Å². The minimum atomic E-state index is 0.181. The van der Waals surface area contributed by atoms with E-state index in [0.29, 0.717) is 5.78 Å². The molecule has 1 aliphatic heterocycles. The van der Waals surface area contributed by atoms with Gasteiger partial charge < -0.3 is 10.0 Å². The Balaban J connectivity index is 2.11. The number of aryl methyl sites for hydroxylation is 1. The molecule has 1 fully saturated rings.